The zero-order chi connectivity index (χ0) is 15.8. The molecule has 2 aromatic carbocycles. The summed E-state index contributed by atoms with van der Waals surface area (Å²) < 4.78 is 0. The second kappa shape index (κ2) is 8.75. The van der Waals surface area contributed by atoms with E-state index in [0.717, 1.165) is 18.9 Å². The predicted molar refractivity (Wildman–Crippen MR) is 96.4 cm³/mol. The van der Waals surface area contributed by atoms with Gasteiger partial charge in [0.25, 0.3) is 0 Å². The average molecular weight is 295 g/mol. The van der Waals surface area contributed by atoms with Gasteiger partial charge in [0.1, 0.15) is 0 Å². The van der Waals surface area contributed by atoms with Crippen molar-refractivity contribution < 1.29 is 0 Å². The van der Waals surface area contributed by atoms with Gasteiger partial charge in [-0.3, -0.25) is 0 Å². The lowest BCUT2D eigenvalue weighted by atomic mass is 9.88. The van der Waals surface area contributed by atoms with E-state index in [-0.39, 0.29) is 0 Å². The van der Waals surface area contributed by atoms with E-state index in [4.69, 9.17) is 0 Å². The highest BCUT2D eigenvalue weighted by Gasteiger charge is 2.12. The van der Waals surface area contributed by atoms with Crippen LogP contribution in [0.3, 0.4) is 0 Å². The molecule has 0 saturated carbocycles. The highest BCUT2D eigenvalue weighted by Crippen LogP contribution is 2.24. The molecule has 0 spiro atoms. The average Bonchev–Trinajstić information content (AvgIpc) is 2.53. The normalized spacial score (nSPS) is 12.5. The SMILES string of the molecule is CNCCC(Cc1ccc(CC(C)C)cc1)c1ccccc1. The Morgan fingerprint density at radius 2 is 1.41 bits per heavy atom. The van der Waals surface area contributed by atoms with Gasteiger partial charge in [0.2, 0.25) is 0 Å². The Morgan fingerprint density at radius 3 is 1.95 bits per heavy atom. The molecule has 118 valence electrons. The molecule has 0 bridgehead atoms. The molecular formula is C21H29N. The van der Waals surface area contributed by atoms with E-state index in [1.807, 2.05) is 7.05 Å². The van der Waals surface area contributed by atoms with Crippen molar-refractivity contribution in [3.63, 3.8) is 0 Å². The van der Waals surface area contributed by atoms with Gasteiger partial charge < -0.3 is 5.32 Å². The second-order valence-electron chi connectivity index (χ2n) is 6.62. The molecule has 0 aliphatic rings. The fraction of sp³-hybridized carbons (Fsp3) is 0.429. The molecule has 1 heteroatoms. The van der Waals surface area contributed by atoms with Crippen LogP contribution in [0.5, 0.6) is 0 Å². The van der Waals surface area contributed by atoms with Crippen molar-refractivity contribution in [1.29, 1.82) is 0 Å². The van der Waals surface area contributed by atoms with E-state index in [0.29, 0.717) is 5.92 Å². The van der Waals surface area contributed by atoms with Crippen LogP contribution in [0.2, 0.25) is 0 Å². The molecule has 0 fully saturated rings. The molecular weight excluding hydrogens is 266 g/mol. The van der Waals surface area contributed by atoms with Crippen LogP contribution in [0, 0.1) is 5.92 Å². The Balaban J connectivity index is 2.06. The smallest absolute Gasteiger partial charge is 0.00460 e. The summed E-state index contributed by atoms with van der Waals surface area (Å²) in [6, 6.07) is 20.1. The van der Waals surface area contributed by atoms with E-state index in [9.17, 15) is 0 Å². The standard InChI is InChI=1S/C21H29N/c1-17(2)15-18-9-11-19(12-10-18)16-21(13-14-22-3)20-7-5-4-6-8-20/h4-12,17,21-22H,13-16H2,1-3H3. The van der Waals surface area contributed by atoms with Gasteiger partial charge in [-0.15, -0.1) is 0 Å². The summed E-state index contributed by atoms with van der Waals surface area (Å²) in [5, 5.41) is 3.28. The summed E-state index contributed by atoms with van der Waals surface area (Å²) >= 11 is 0. The Labute approximate surface area is 135 Å². The minimum atomic E-state index is 0.588. The van der Waals surface area contributed by atoms with Crippen molar-refractivity contribution in [2.45, 2.75) is 39.0 Å². The van der Waals surface area contributed by atoms with Crippen molar-refractivity contribution in [3.8, 4) is 0 Å². The minimum Gasteiger partial charge on any atom is -0.320 e. The summed E-state index contributed by atoms with van der Waals surface area (Å²) in [5.41, 5.74) is 4.34. The van der Waals surface area contributed by atoms with Crippen LogP contribution in [0.25, 0.3) is 0 Å². The van der Waals surface area contributed by atoms with Gasteiger partial charge in [0.15, 0.2) is 0 Å². The summed E-state index contributed by atoms with van der Waals surface area (Å²) in [4.78, 5) is 0. The molecule has 1 nitrogen and oxygen atoms in total. The van der Waals surface area contributed by atoms with Crippen molar-refractivity contribution in [1.82, 2.24) is 5.32 Å². The third-order valence-electron chi connectivity index (χ3n) is 4.16. The Kier molecular flexibility index (Phi) is 6.67. The number of nitrogens with one attached hydrogen (secondary N) is 1. The fourth-order valence-electron chi connectivity index (χ4n) is 3.00. The van der Waals surface area contributed by atoms with E-state index in [2.05, 4.69) is 73.8 Å². The van der Waals surface area contributed by atoms with E-state index >= 15 is 0 Å². The van der Waals surface area contributed by atoms with Crippen LogP contribution >= 0.6 is 0 Å². The van der Waals surface area contributed by atoms with Crippen LogP contribution in [-0.4, -0.2) is 13.6 Å². The third-order valence-corrected chi connectivity index (χ3v) is 4.16. The maximum Gasteiger partial charge on any atom is -0.00460 e. The maximum absolute atomic E-state index is 3.28. The molecule has 22 heavy (non-hydrogen) atoms. The van der Waals surface area contributed by atoms with Gasteiger partial charge in [-0.25, -0.2) is 0 Å². The van der Waals surface area contributed by atoms with Crippen LogP contribution in [0.15, 0.2) is 54.6 Å². The molecule has 1 N–H and O–H groups in total. The fourth-order valence-corrected chi connectivity index (χ4v) is 3.00. The lowest BCUT2D eigenvalue weighted by Crippen LogP contribution is -2.14. The first kappa shape index (κ1) is 16.8. The Hall–Kier alpha value is -1.60. The second-order valence-corrected chi connectivity index (χ2v) is 6.62. The topological polar surface area (TPSA) is 12.0 Å². The summed E-state index contributed by atoms with van der Waals surface area (Å²) in [6.45, 7) is 5.61. The monoisotopic (exact) mass is 295 g/mol. The van der Waals surface area contributed by atoms with Gasteiger partial charge in [0, 0.05) is 0 Å². The van der Waals surface area contributed by atoms with Crippen LogP contribution in [0.1, 0.15) is 42.9 Å². The Morgan fingerprint density at radius 1 is 0.818 bits per heavy atom. The van der Waals surface area contributed by atoms with Crippen LogP contribution in [0.4, 0.5) is 0 Å². The zero-order valence-electron chi connectivity index (χ0n) is 14.2. The van der Waals surface area contributed by atoms with Gasteiger partial charge in [-0.2, -0.15) is 0 Å². The van der Waals surface area contributed by atoms with E-state index in [1.54, 1.807) is 0 Å². The van der Waals surface area contributed by atoms with Gasteiger partial charge >= 0.3 is 0 Å². The van der Waals surface area contributed by atoms with Gasteiger partial charge in [-0.1, -0.05) is 68.4 Å². The minimum absolute atomic E-state index is 0.588. The first-order chi connectivity index (χ1) is 10.7. The summed E-state index contributed by atoms with van der Waals surface area (Å²) in [5.74, 6) is 1.31. The Bertz CT molecular complexity index is 528. The maximum atomic E-state index is 3.28. The van der Waals surface area contributed by atoms with Crippen molar-refractivity contribution >= 4 is 0 Å². The summed E-state index contributed by atoms with van der Waals surface area (Å²) in [6.07, 6.45) is 3.46. The van der Waals surface area contributed by atoms with Crippen molar-refractivity contribution in [3.05, 3.63) is 71.3 Å². The molecule has 0 radical (unpaired) electrons. The molecule has 0 saturated heterocycles. The lowest BCUT2D eigenvalue weighted by molar-refractivity contribution is 0.593. The first-order valence-electron chi connectivity index (χ1n) is 8.46. The molecule has 2 aromatic rings. The van der Waals surface area contributed by atoms with Gasteiger partial charge in [-0.05, 0) is 61.4 Å². The molecule has 0 aliphatic heterocycles. The highest BCUT2D eigenvalue weighted by molar-refractivity contribution is 5.27. The number of hydrogen-bond acceptors (Lipinski definition) is 1. The molecule has 0 heterocycles. The molecule has 2 rings (SSSR count). The van der Waals surface area contributed by atoms with Crippen LogP contribution < -0.4 is 5.32 Å². The van der Waals surface area contributed by atoms with E-state index < -0.39 is 0 Å². The number of rotatable bonds is 8. The van der Waals surface area contributed by atoms with Crippen molar-refractivity contribution in [2.24, 2.45) is 5.92 Å². The first-order valence-corrected chi connectivity index (χ1v) is 8.46. The van der Waals surface area contributed by atoms with Crippen LogP contribution in [-0.2, 0) is 12.8 Å². The molecule has 0 aliphatic carbocycles. The molecule has 0 amide bonds. The number of hydrogen-bond donors (Lipinski definition) is 1. The molecule has 1 atom stereocenters. The molecule has 1 unspecified atom stereocenters. The largest absolute Gasteiger partial charge is 0.320 e. The predicted octanol–water partition coefficient (Wildman–Crippen LogP) is 4.82. The highest BCUT2D eigenvalue weighted by atomic mass is 14.8. The summed E-state index contributed by atoms with van der Waals surface area (Å²) in [7, 11) is 2.03. The lowest BCUT2D eigenvalue weighted by Gasteiger charge is -2.18. The van der Waals surface area contributed by atoms with Gasteiger partial charge in [0.05, 0.1) is 0 Å². The molecule has 0 aromatic heterocycles. The number of benzene rings is 2. The zero-order valence-corrected chi connectivity index (χ0v) is 14.2. The quantitative estimate of drug-likeness (QED) is 0.736. The third kappa shape index (κ3) is 5.31. The van der Waals surface area contributed by atoms with Crippen molar-refractivity contribution in [2.75, 3.05) is 13.6 Å². The van der Waals surface area contributed by atoms with E-state index in [1.165, 1.54) is 29.5 Å².